The summed E-state index contributed by atoms with van der Waals surface area (Å²) in [5, 5.41) is 4.01. The lowest BCUT2D eigenvalue weighted by molar-refractivity contribution is 0.123. The van der Waals surface area contributed by atoms with Crippen molar-refractivity contribution >= 4 is 10.0 Å². The minimum atomic E-state index is -3.74. The van der Waals surface area contributed by atoms with Gasteiger partial charge in [0, 0.05) is 45.0 Å². The number of rotatable bonds is 5. The lowest BCUT2D eigenvalue weighted by Crippen LogP contribution is -2.48. The van der Waals surface area contributed by atoms with E-state index in [0.29, 0.717) is 26.2 Å². The first-order valence-corrected chi connectivity index (χ1v) is 10.6. The maximum atomic E-state index is 13.3. The van der Waals surface area contributed by atoms with Gasteiger partial charge in [0.2, 0.25) is 15.9 Å². The van der Waals surface area contributed by atoms with Gasteiger partial charge in [-0.1, -0.05) is 5.16 Å². The van der Waals surface area contributed by atoms with Crippen LogP contribution in [0.2, 0.25) is 0 Å². The maximum Gasteiger partial charge on any atom is 0.248 e. The Morgan fingerprint density at radius 1 is 1.32 bits per heavy atom. The monoisotopic (exact) mass is 408 g/mol. The number of sulfonamides is 1. The van der Waals surface area contributed by atoms with Crippen LogP contribution in [0.25, 0.3) is 0 Å². The van der Waals surface area contributed by atoms with Crippen LogP contribution < -0.4 is 4.74 Å². The highest BCUT2D eigenvalue weighted by Gasteiger charge is 2.47. The van der Waals surface area contributed by atoms with Crippen molar-refractivity contribution in [3.8, 4) is 5.88 Å². The first-order valence-electron chi connectivity index (χ1n) is 9.18. The molecule has 152 valence electrons. The van der Waals surface area contributed by atoms with Crippen LogP contribution in [0, 0.1) is 13.8 Å². The van der Waals surface area contributed by atoms with Crippen LogP contribution in [-0.4, -0.2) is 73.3 Å². The summed E-state index contributed by atoms with van der Waals surface area (Å²) in [6, 6.07) is 2.83. The zero-order valence-electron chi connectivity index (χ0n) is 16.2. The van der Waals surface area contributed by atoms with Crippen LogP contribution in [0.4, 0.5) is 0 Å². The van der Waals surface area contributed by atoms with Crippen molar-refractivity contribution in [3.05, 3.63) is 35.3 Å². The van der Waals surface area contributed by atoms with Gasteiger partial charge in [0.05, 0.1) is 18.3 Å². The second kappa shape index (κ2) is 7.43. The van der Waals surface area contributed by atoms with E-state index in [1.165, 1.54) is 4.31 Å². The van der Waals surface area contributed by atoms with E-state index >= 15 is 0 Å². The van der Waals surface area contributed by atoms with Gasteiger partial charge in [-0.2, -0.15) is 4.31 Å². The van der Waals surface area contributed by atoms with E-state index in [-0.39, 0.29) is 29.5 Å². The number of methoxy groups -OCH3 is 1. The van der Waals surface area contributed by atoms with Gasteiger partial charge in [-0.25, -0.2) is 13.4 Å². The van der Waals surface area contributed by atoms with Crippen LogP contribution in [-0.2, 0) is 21.3 Å². The fourth-order valence-electron chi connectivity index (χ4n) is 3.88. The number of hydrogen-bond donors (Lipinski definition) is 0. The molecule has 4 heterocycles. The molecule has 1 fully saturated rings. The van der Waals surface area contributed by atoms with Crippen molar-refractivity contribution in [1.82, 2.24) is 19.3 Å². The topological polar surface area (TPSA) is 98.0 Å². The number of aryl methyl sites for hydroxylation is 2. The van der Waals surface area contributed by atoms with Gasteiger partial charge >= 0.3 is 0 Å². The second-order valence-electron chi connectivity index (χ2n) is 7.14. The molecule has 0 aliphatic carbocycles. The second-order valence-corrected chi connectivity index (χ2v) is 8.99. The van der Waals surface area contributed by atoms with E-state index in [4.69, 9.17) is 14.0 Å². The molecular formula is C18H24N4O5S. The summed E-state index contributed by atoms with van der Waals surface area (Å²) in [5.74, 6) is 0.943. The van der Waals surface area contributed by atoms with E-state index in [2.05, 4.69) is 15.0 Å². The highest BCUT2D eigenvalue weighted by atomic mass is 32.2. The van der Waals surface area contributed by atoms with Gasteiger partial charge in [0.1, 0.15) is 16.8 Å². The number of pyridine rings is 1. The predicted molar refractivity (Wildman–Crippen MR) is 99.5 cm³/mol. The van der Waals surface area contributed by atoms with Crippen molar-refractivity contribution in [1.29, 1.82) is 0 Å². The van der Waals surface area contributed by atoms with Crippen LogP contribution in [0.15, 0.2) is 27.7 Å². The van der Waals surface area contributed by atoms with Crippen molar-refractivity contribution in [2.45, 2.75) is 37.4 Å². The van der Waals surface area contributed by atoms with Gasteiger partial charge in [0.25, 0.3) is 0 Å². The molecular weight excluding hydrogens is 384 g/mol. The molecule has 0 N–H and O–H groups in total. The summed E-state index contributed by atoms with van der Waals surface area (Å²) in [4.78, 5) is 6.46. The Bertz CT molecular complexity index is 941. The minimum Gasteiger partial charge on any atom is -0.470 e. The van der Waals surface area contributed by atoms with E-state index < -0.39 is 10.0 Å². The zero-order valence-corrected chi connectivity index (χ0v) is 17.0. The minimum absolute atomic E-state index is 0.109. The highest BCUT2D eigenvalue weighted by molar-refractivity contribution is 7.89. The molecule has 1 saturated heterocycles. The normalized spacial score (nSPS) is 24.4. The molecule has 2 atom stereocenters. The third kappa shape index (κ3) is 3.30. The Labute approximate surface area is 164 Å². The zero-order chi connectivity index (χ0) is 19.9. The largest absolute Gasteiger partial charge is 0.470 e. The lowest BCUT2D eigenvalue weighted by Gasteiger charge is -2.27. The molecule has 0 spiro atoms. The number of ether oxygens (including phenoxy) is 2. The molecule has 2 aromatic rings. The number of fused-ring (bicyclic) bond motifs is 2. The summed E-state index contributed by atoms with van der Waals surface area (Å²) >= 11 is 0. The van der Waals surface area contributed by atoms with Gasteiger partial charge in [-0.05, 0) is 26.0 Å². The first kappa shape index (κ1) is 19.3. The van der Waals surface area contributed by atoms with Crippen molar-refractivity contribution < 1.29 is 22.4 Å². The van der Waals surface area contributed by atoms with Crippen molar-refractivity contribution in [2.75, 3.05) is 33.4 Å². The number of likely N-dealkylation sites (tertiary alicyclic amines) is 1. The summed E-state index contributed by atoms with van der Waals surface area (Å²) in [7, 11) is -2.18. The molecule has 2 aliphatic heterocycles. The molecule has 0 bridgehead atoms. The average Bonchev–Trinajstić information content (AvgIpc) is 3.18. The summed E-state index contributed by atoms with van der Waals surface area (Å²) < 4.78 is 44.6. The average molecular weight is 408 g/mol. The quantitative estimate of drug-likeness (QED) is 0.722. The summed E-state index contributed by atoms with van der Waals surface area (Å²) in [5.41, 5.74) is 1.88. The fraction of sp³-hybridized carbons (Fsp3) is 0.556. The first-order chi connectivity index (χ1) is 13.4. The Morgan fingerprint density at radius 3 is 2.86 bits per heavy atom. The van der Waals surface area contributed by atoms with Gasteiger partial charge < -0.3 is 14.0 Å². The lowest BCUT2D eigenvalue weighted by atomic mass is 10.2. The Kier molecular flexibility index (Phi) is 5.13. The standard InChI is InChI=1S/C18H24N4O5S/c1-12-14(13(2)27-20-12)9-21-10-15-16(11-21)26-18-17(5-4-6-19-18)28(23,24)22(15)7-8-25-3/h4-6,15-16H,7-11H2,1-3H3. The Hall–Kier alpha value is -2.01. The fourth-order valence-corrected chi connectivity index (χ4v) is 5.58. The predicted octanol–water partition coefficient (Wildman–Crippen LogP) is 0.969. The molecule has 2 unspecified atom stereocenters. The van der Waals surface area contributed by atoms with E-state index in [1.807, 2.05) is 13.8 Å². The third-order valence-electron chi connectivity index (χ3n) is 5.35. The summed E-state index contributed by atoms with van der Waals surface area (Å²) in [6.45, 7) is 6.13. The molecule has 2 aromatic heterocycles. The van der Waals surface area contributed by atoms with Crippen molar-refractivity contribution in [2.24, 2.45) is 0 Å². The molecule has 9 nitrogen and oxygen atoms in total. The smallest absolute Gasteiger partial charge is 0.248 e. The molecule has 2 aliphatic rings. The molecule has 0 radical (unpaired) electrons. The van der Waals surface area contributed by atoms with Crippen LogP contribution in [0.3, 0.4) is 0 Å². The molecule has 0 aromatic carbocycles. The van der Waals surface area contributed by atoms with Gasteiger partial charge in [-0.3, -0.25) is 4.90 Å². The highest BCUT2D eigenvalue weighted by Crippen LogP contribution is 2.35. The van der Waals surface area contributed by atoms with E-state index in [0.717, 1.165) is 17.0 Å². The molecule has 10 heteroatoms. The molecule has 0 saturated carbocycles. The van der Waals surface area contributed by atoms with Crippen LogP contribution in [0.5, 0.6) is 5.88 Å². The van der Waals surface area contributed by atoms with Gasteiger partial charge in [-0.15, -0.1) is 0 Å². The van der Waals surface area contributed by atoms with E-state index in [1.54, 1.807) is 25.4 Å². The SMILES string of the molecule is COCCN1C2CN(Cc3c(C)noc3C)CC2Oc2ncccc2S1(=O)=O. The van der Waals surface area contributed by atoms with Gasteiger partial charge in [0.15, 0.2) is 0 Å². The van der Waals surface area contributed by atoms with Crippen molar-refractivity contribution in [3.63, 3.8) is 0 Å². The third-order valence-corrected chi connectivity index (χ3v) is 7.28. The van der Waals surface area contributed by atoms with Crippen LogP contribution in [0.1, 0.15) is 17.0 Å². The molecule has 28 heavy (non-hydrogen) atoms. The molecule has 0 amide bonds. The number of hydrogen-bond acceptors (Lipinski definition) is 8. The number of nitrogens with zero attached hydrogens (tertiary/aromatic N) is 4. The Balaban J connectivity index is 1.66. The molecule has 4 rings (SSSR count). The van der Waals surface area contributed by atoms with Crippen LogP contribution >= 0.6 is 0 Å². The summed E-state index contributed by atoms with van der Waals surface area (Å²) in [6.07, 6.45) is 1.23. The van der Waals surface area contributed by atoms with E-state index in [9.17, 15) is 8.42 Å². The number of aromatic nitrogens is 2. The Morgan fingerprint density at radius 2 is 2.14 bits per heavy atom. The maximum absolute atomic E-state index is 13.3.